The van der Waals surface area contributed by atoms with Crippen LogP contribution in [0.2, 0.25) is 0 Å². The Bertz CT molecular complexity index is 370. The SMILES string of the molecule is CCC1CCC(C(=O)O)=C(C(=O)O)C1(C)CC. The Kier molecular flexibility index (Phi) is 3.96. The molecule has 0 aliphatic heterocycles. The third kappa shape index (κ3) is 2.21. The molecule has 0 aromatic heterocycles. The zero-order valence-corrected chi connectivity index (χ0v) is 10.6. The standard InChI is InChI=1S/C13H20O4/c1-4-8-6-7-9(11(14)15)10(12(16)17)13(8,3)5-2/h8H,4-7H2,1-3H3,(H,14,15)(H,16,17). The average molecular weight is 240 g/mol. The molecule has 1 rings (SSSR count). The van der Waals surface area contributed by atoms with E-state index in [1.54, 1.807) is 0 Å². The van der Waals surface area contributed by atoms with Crippen molar-refractivity contribution < 1.29 is 19.8 Å². The predicted octanol–water partition coefficient (Wildman–Crippen LogP) is 2.69. The van der Waals surface area contributed by atoms with Crippen LogP contribution in [0.4, 0.5) is 0 Å². The third-order valence-corrected chi connectivity index (χ3v) is 4.22. The Hall–Kier alpha value is -1.32. The highest BCUT2D eigenvalue weighted by atomic mass is 16.4. The van der Waals surface area contributed by atoms with Gasteiger partial charge in [-0.15, -0.1) is 0 Å². The summed E-state index contributed by atoms with van der Waals surface area (Å²) in [4.78, 5) is 22.5. The topological polar surface area (TPSA) is 74.6 Å². The molecule has 0 spiro atoms. The molecular formula is C13H20O4. The van der Waals surface area contributed by atoms with Crippen molar-refractivity contribution in [1.82, 2.24) is 0 Å². The van der Waals surface area contributed by atoms with E-state index >= 15 is 0 Å². The normalized spacial score (nSPS) is 29.2. The van der Waals surface area contributed by atoms with Gasteiger partial charge < -0.3 is 10.2 Å². The summed E-state index contributed by atoms with van der Waals surface area (Å²) < 4.78 is 0. The van der Waals surface area contributed by atoms with Gasteiger partial charge in [-0.1, -0.05) is 27.2 Å². The van der Waals surface area contributed by atoms with Crippen LogP contribution in [0.3, 0.4) is 0 Å². The van der Waals surface area contributed by atoms with Crippen molar-refractivity contribution in [3.05, 3.63) is 11.1 Å². The minimum atomic E-state index is -1.09. The Morgan fingerprint density at radius 1 is 1.29 bits per heavy atom. The maximum absolute atomic E-state index is 11.4. The van der Waals surface area contributed by atoms with Crippen molar-refractivity contribution in [2.24, 2.45) is 11.3 Å². The Labute approximate surface area is 101 Å². The molecular weight excluding hydrogens is 220 g/mol. The fourth-order valence-corrected chi connectivity index (χ4v) is 3.02. The van der Waals surface area contributed by atoms with Gasteiger partial charge in [0.05, 0.1) is 5.57 Å². The minimum absolute atomic E-state index is 0.0894. The van der Waals surface area contributed by atoms with E-state index in [0.717, 1.165) is 12.8 Å². The van der Waals surface area contributed by atoms with Gasteiger partial charge in [0.1, 0.15) is 0 Å². The first-order valence-electron chi connectivity index (χ1n) is 6.08. The van der Waals surface area contributed by atoms with Crippen LogP contribution in [0, 0.1) is 11.3 Å². The van der Waals surface area contributed by atoms with Gasteiger partial charge >= 0.3 is 11.9 Å². The lowest BCUT2D eigenvalue weighted by molar-refractivity contribution is -0.138. The molecule has 96 valence electrons. The fraction of sp³-hybridized carbons (Fsp3) is 0.692. The number of rotatable bonds is 4. The molecule has 0 saturated heterocycles. The first-order valence-corrected chi connectivity index (χ1v) is 6.08. The van der Waals surface area contributed by atoms with Crippen LogP contribution in [-0.4, -0.2) is 22.2 Å². The van der Waals surface area contributed by atoms with Gasteiger partial charge in [-0.25, -0.2) is 9.59 Å². The molecule has 0 saturated carbocycles. The molecule has 4 heteroatoms. The van der Waals surface area contributed by atoms with Crippen molar-refractivity contribution >= 4 is 11.9 Å². The molecule has 1 aliphatic rings. The van der Waals surface area contributed by atoms with E-state index in [0.29, 0.717) is 12.8 Å². The van der Waals surface area contributed by atoms with Gasteiger partial charge in [0.15, 0.2) is 0 Å². The van der Waals surface area contributed by atoms with Crippen LogP contribution in [0.1, 0.15) is 46.5 Å². The highest BCUT2D eigenvalue weighted by molar-refractivity contribution is 6.00. The molecule has 0 bridgehead atoms. The quantitative estimate of drug-likeness (QED) is 0.792. The predicted molar refractivity (Wildman–Crippen MR) is 63.7 cm³/mol. The van der Waals surface area contributed by atoms with E-state index in [-0.39, 0.29) is 17.1 Å². The van der Waals surface area contributed by atoms with Gasteiger partial charge in [-0.3, -0.25) is 0 Å². The lowest BCUT2D eigenvalue weighted by Crippen LogP contribution is -2.37. The number of hydrogen-bond donors (Lipinski definition) is 2. The van der Waals surface area contributed by atoms with Crippen molar-refractivity contribution in [3.63, 3.8) is 0 Å². The maximum atomic E-state index is 11.4. The largest absolute Gasteiger partial charge is 0.478 e. The highest BCUT2D eigenvalue weighted by Gasteiger charge is 2.44. The molecule has 0 amide bonds. The molecule has 17 heavy (non-hydrogen) atoms. The average Bonchev–Trinajstić information content (AvgIpc) is 2.27. The van der Waals surface area contributed by atoms with E-state index in [9.17, 15) is 14.7 Å². The van der Waals surface area contributed by atoms with Gasteiger partial charge in [0.2, 0.25) is 0 Å². The second kappa shape index (κ2) is 4.90. The van der Waals surface area contributed by atoms with Crippen LogP contribution >= 0.6 is 0 Å². The highest BCUT2D eigenvalue weighted by Crippen LogP contribution is 2.48. The van der Waals surface area contributed by atoms with Gasteiger partial charge in [-0.05, 0) is 25.2 Å². The smallest absolute Gasteiger partial charge is 0.332 e. The van der Waals surface area contributed by atoms with Crippen LogP contribution < -0.4 is 0 Å². The summed E-state index contributed by atoms with van der Waals surface area (Å²) in [5, 5.41) is 18.4. The monoisotopic (exact) mass is 240 g/mol. The van der Waals surface area contributed by atoms with E-state index < -0.39 is 17.4 Å². The zero-order chi connectivity index (χ0) is 13.2. The number of carbonyl (C=O) groups is 2. The van der Waals surface area contributed by atoms with Gasteiger partial charge in [0.25, 0.3) is 0 Å². The summed E-state index contributed by atoms with van der Waals surface area (Å²) >= 11 is 0. The second-order valence-corrected chi connectivity index (χ2v) is 4.88. The van der Waals surface area contributed by atoms with Crippen molar-refractivity contribution in [3.8, 4) is 0 Å². The van der Waals surface area contributed by atoms with Crippen molar-refractivity contribution in [1.29, 1.82) is 0 Å². The van der Waals surface area contributed by atoms with Gasteiger partial charge in [0, 0.05) is 11.0 Å². The van der Waals surface area contributed by atoms with E-state index in [1.165, 1.54) is 0 Å². The number of carboxylic acid groups (broad SMARTS) is 2. The first-order chi connectivity index (χ1) is 7.88. The molecule has 0 aromatic rings. The maximum Gasteiger partial charge on any atom is 0.332 e. The third-order valence-electron chi connectivity index (χ3n) is 4.22. The number of hydrogen-bond acceptors (Lipinski definition) is 2. The second-order valence-electron chi connectivity index (χ2n) is 4.88. The summed E-state index contributed by atoms with van der Waals surface area (Å²) in [6.45, 7) is 5.84. The Morgan fingerprint density at radius 3 is 2.24 bits per heavy atom. The molecule has 2 unspecified atom stereocenters. The van der Waals surface area contributed by atoms with Crippen LogP contribution in [0.25, 0.3) is 0 Å². The van der Waals surface area contributed by atoms with Crippen LogP contribution in [-0.2, 0) is 9.59 Å². The number of aliphatic carboxylic acids is 2. The molecule has 0 radical (unpaired) electrons. The van der Waals surface area contributed by atoms with Crippen LogP contribution in [0.5, 0.6) is 0 Å². The van der Waals surface area contributed by atoms with Crippen molar-refractivity contribution in [2.45, 2.75) is 46.5 Å². The molecule has 0 fully saturated rings. The van der Waals surface area contributed by atoms with Crippen molar-refractivity contribution in [2.75, 3.05) is 0 Å². The molecule has 1 aliphatic carbocycles. The number of carboxylic acids is 2. The summed E-state index contributed by atoms with van der Waals surface area (Å²) in [7, 11) is 0. The van der Waals surface area contributed by atoms with E-state index in [4.69, 9.17) is 5.11 Å². The van der Waals surface area contributed by atoms with E-state index in [2.05, 4.69) is 0 Å². The lowest BCUT2D eigenvalue weighted by Gasteiger charge is -2.41. The van der Waals surface area contributed by atoms with Crippen LogP contribution in [0.15, 0.2) is 11.1 Å². The zero-order valence-electron chi connectivity index (χ0n) is 10.6. The van der Waals surface area contributed by atoms with E-state index in [1.807, 2.05) is 20.8 Å². The van der Waals surface area contributed by atoms with Gasteiger partial charge in [-0.2, -0.15) is 0 Å². The summed E-state index contributed by atoms with van der Waals surface area (Å²) in [6.07, 6.45) is 2.67. The lowest BCUT2D eigenvalue weighted by atomic mass is 9.62. The fourth-order valence-electron chi connectivity index (χ4n) is 3.02. The Morgan fingerprint density at radius 2 is 1.88 bits per heavy atom. The molecule has 4 nitrogen and oxygen atoms in total. The Balaban J connectivity index is 3.39. The molecule has 0 heterocycles. The molecule has 2 N–H and O–H groups in total. The first kappa shape index (κ1) is 13.7. The summed E-state index contributed by atoms with van der Waals surface area (Å²) in [6, 6.07) is 0. The molecule has 2 atom stereocenters. The summed E-state index contributed by atoms with van der Waals surface area (Å²) in [5.41, 5.74) is -0.316. The summed E-state index contributed by atoms with van der Waals surface area (Å²) in [5.74, 6) is -1.91. The molecule has 0 aromatic carbocycles. The minimum Gasteiger partial charge on any atom is -0.478 e.